The van der Waals surface area contributed by atoms with Crippen molar-refractivity contribution < 1.29 is 9.31 Å². The molecule has 0 aromatic heterocycles. The van der Waals surface area contributed by atoms with Crippen molar-refractivity contribution in [2.75, 3.05) is 0 Å². The normalized spacial score (nSPS) is 21.2. The Balaban J connectivity index is 2.39. The minimum atomic E-state index is -0.320. The van der Waals surface area contributed by atoms with Crippen molar-refractivity contribution >= 4 is 24.2 Å². The SMILES string of the molecule is CC(C)c1cc(Cl)ccc1B1OC(C)(C)C(C)(C)O1. The molecule has 0 aliphatic carbocycles. The van der Waals surface area contributed by atoms with Gasteiger partial charge in [0.25, 0.3) is 0 Å². The van der Waals surface area contributed by atoms with Crippen LogP contribution in [0, 0.1) is 0 Å². The highest BCUT2D eigenvalue weighted by atomic mass is 35.5. The average Bonchev–Trinajstić information content (AvgIpc) is 2.47. The molecule has 0 bridgehead atoms. The number of hydrogen-bond donors (Lipinski definition) is 0. The first-order valence-corrected chi connectivity index (χ1v) is 7.17. The lowest BCUT2D eigenvalue weighted by molar-refractivity contribution is 0.00578. The van der Waals surface area contributed by atoms with Crippen LogP contribution in [0.1, 0.15) is 53.0 Å². The second-order valence-corrected chi connectivity index (χ2v) is 6.95. The van der Waals surface area contributed by atoms with Crippen molar-refractivity contribution in [3.63, 3.8) is 0 Å². The van der Waals surface area contributed by atoms with Crippen LogP contribution in [0.5, 0.6) is 0 Å². The third-order valence-corrected chi connectivity index (χ3v) is 4.41. The third-order valence-electron chi connectivity index (χ3n) is 4.18. The Labute approximate surface area is 121 Å². The lowest BCUT2D eigenvalue weighted by Crippen LogP contribution is -2.41. The van der Waals surface area contributed by atoms with Crippen molar-refractivity contribution in [1.82, 2.24) is 0 Å². The smallest absolute Gasteiger partial charge is 0.399 e. The fourth-order valence-corrected chi connectivity index (χ4v) is 2.41. The quantitative estimate of drug-likeness (QED) is 0.768. The Hall–Kier alpha value is -0.505. The summed E-state index contributed by atoms with van der Waals surface area (Å²) < 4.78 is 12.2. The number of halogens is 1. The van der Waals surface area contributed by atoms with Gasteiger partial charge >= 0.3 is 7.12 Å². The number of hydrogen-bond acceptors (Lipinski definition) is 2. The fraction of sp³-hybridized carbons (Fsp3) is 0.600. The molecule has 19 heavy (non-hydrogen) atoms. The van der Waals surface area contributed by atoms with Crippen LogP contribution in [0.2, 0.25) is 5.02 Å². The molecular weight excluding hydrogens is 258 g/mol. The molecule has 1 aliphatic heterocycles. The van der Waals surface area contributed by atoms with E-state index in [9.17, 15) is 0 Å². The molecule has 1 aromatic carbocycles. The van der Waals surface area contributed by atoms with Crippen molar-refractivity contribution in [2.45, 2.75) is 58.7 Å². The van der Waals surface area contributed by atoms with Crippen LogP contribution >= 0.6 is 11.6 Å². The van der Waals surface area contributed by atoms with E-state index in [1.807, 2.05) is 18.2 Å². The molecule has 1 fully saturated rings. The van der Waals surface area contributed by atoms with Crippen LogP contribution in [-0.4, -0.2) is 18.3 Å². The van der Waals surface area contributed by atoms with Gasteiger partial charge in [0.1, 0.15) is 0 Å². The van der Waals surface area contributed by atoms with Gasteiger partial charge in [0.2, 0.25) is 0 Å². The van der Waals surface area contributed by atoms with E-state index in [1.54, 1.807) is 0 Å². The summed E-state index contributed by atoms with van der Waals surface area (Å²) in [6.07, 6.45) is 0. The van der Waals surface area contributed by atoms with Gasteiger partial charge in [-0.1, -0.05) is 31.5 Å². The van der Waals surface area contributed by atoms with Crippen molar-refractivity contribution in [3.05, 3.63) is 28.8 Å². The topological polar surface area (TPSA) is 18.5 Å². The van der Waals surface area contributed by atoms with Crippen LogP contribution in [0.15, 0.2) is 18.2 Å². The minimum Gasteiger partial charge on any atom is -0.399 e. The van der Waals surface area contributed by atoms with Crippen LogP contribution in [-0.2, 0) is 9.31 Å². The maximum atomic E-state index is 6.12. The van der Waals surface area contributed by atoms with E-state index in [4.69, 9.17) is 20.9 Å². The molecule has 0 spiro atoms. The monoisotopic (exact) mass is 280 g/mol. The first-order chi connectivity index (χ1) is 8.64. The first kappa shape index (κ1) is 14.9. The zero-order valence-electron chi connectivity index (χ0n) is 12.6. The fourth-order valence-electron chi connectivity index (χ4n) is 2.23. The lowest BCUT2D eigenvalue weighted by Gasteiger charge is -2.32. The molecule has 1 heterocycles. The number of benzene rings is 1. The second-order valence-electron chi connectivity index (χ2n) is 6.52. The Bertz CT molecular complexity index is 467. The van der Waals surface area contributed by atoms with Gasteiger partial charge in [-0.15, -0.1) is 0 Å². The zero-order valence-corrected chi connectivity index (χ0v) is 13.3. The molecular formula is C15H22BClO2. The lowest BCUT2D eigenvalue weighted by atomic mass is 9.73. The Morgan fingerprint density at radius 2 is 1.58 bits per heavy atom. The molecule has 104 valence electrons. The maximum Gasteiger partial charge on any atom is 0.495 e. The van der Waals surface area contributed by atoms with Gasteiger partial charge in [0.05, 0.1) is 11.2 Å². The van der Waals surface area contributed by atoms with Gasteiger partial charge in [0.15, 0.2) is 0 Å². The summed E-state index contributed by atoms with van der Waals surface area (Å²) >= 11 is 6.10. The summed E-state index contributed by atoms with van der Waals surface area (Å²) in [5, 5.41) is 0.754. The second kappa shape index (κ2) is 4.80. The highest BCUT2D eigenvalue weighted by molar-refractivity contribution is 6.62. The van der Waals surface area contributed by atoms with Crippen LogP contribution in [0.3, 0.4) is 0 Å². The van der Waals surface area contributed by atoms with Crippen molar-refractivity contribution in [3.8, 4) is 0 Å². The zero-order chi connectivity index (χ0) is 14.4. The maximum absolute atomic E-state index is 6.12. The largest absolute Gasteiger partial charge is 0.495 e. The molecule has 0 amide bonds. The predicted molar refractivity (Wildman–Crippen MR) is 81.3 cm³/mol. The molecule has 0 saturated carbocycles. The Kier molecular flexibility index (Phi) is 3.76. The summed E-state index contributed by atoms with van der Waals surface area (Å²) in [6.45, 7) is 12.6. The predicted octanol–water partition coefficient (Wildman–Crippen LogP) is 3.76. The molecule has 4 heteroatoms. The molecule has 1 saturated heterocycles. The van der Waals surface area contributed by atoms with E-state index in [0.29, 0.717) is 5.92 Å². The molecule has 1 aliphatic rings. The van der Waals surface area contributed by atoms with E-state index in [-0.39, 0.29) is 18.3 Å². The van der Waals surface area contributed by atoms with E-state index < -0.39 is 0 Å². The van der Waals surface area contributed by atoms with Gasteiger partial charge in [-0.05, 0) is 56.8 Å². The molecule has 0 N–H and O–H groups in total. The van der Waals surface area contributed by atoms with Gasteiger partial charge in [-0.2, -0.15) is 0 Å². The standard InChI is InChI=1S/C15H22BClO2/c1-10(2)12-9-11(17)7-8-13(12)16-18-14(3,4)15(5,6)19-16/h7-10H,1-6H3. The molecule has 2 rings (SSSR count). The summed E-state index contributed by atoms with van der Waals surface area (Å²) in [4.78, 5) is 0. The Morgan fingerprint density at radius 1 is 1.05 bits per heavy atom. The van der Waals surface area contributed by atoms with Gasteiger partial charge in [-0.25, -0.2) is 0 Å². The summed E-state index contributed by atoms with van der Waals surface area (Å²) in [6, 6.07) is 5.92. The molecule has 2 nitrogen and oxygen atoms in total. The minimum absolute atomic E-state index is 0.314. The van der Waals surface area contributed by atoms with Crippen LogP contribution in [0.25, 0.3) is 0 Å². The highest BCUT2D eigenvalue weighted by Gasteiger charge is 2.52. The van der Waals surface area contributed by atoms with Crippen LogP contribution in [0.4, 0.5) is 0 Å². The third kappa shape index (κ3) is 2.69. The number of rotatable bonds is 2. The molecule has 0 atom stereocenters. The highest BCUT2D eigenvalue weighted by Crippen LogP contribution is 2.37. The van der Waals surface area contributed by atoms with Gasteiger partial charge < -0.3 is 9.31 Å². The summed E-state index contributed by atoms with van der Waals surface area (Å²) in [5.41, 5.74) is 1.64. The van der Waals surface area contributed by atoms with Gasteiger partial charge in [0, 0.05) is 5.02 Å². The first-order valence-electron chi connectivity index (χ1n) is 6.79. The van der Waals surface area contributed by atoms with E-state index in [2.05, 4.69) is 41.5 Å². The van der Waals surface area contributed by atoms with Crippen molar-refractivity contribution in [1.29, 1.82) is 0 Å². The van der Waals surface area contributed by atoms with Crippen molar-refractivity contribution in [2.24, 2.45) is 0 Å². The van der Waals surface area contributed by atoms with Gasteiger partial charge in [-0.3, -0.25) is 0 Å². The van der Waals surface area contributed by atoms with Crippen LogP contribution < -0.4 is 5.46 Å². The van der Waals surface area contributed by atoms with E-state index >= 15 is 0 Å². The summed E-state index contributed by atoms with van der Waals surface area (Å²) in [5.74, 6) is 0.382. The van der Waals surface area contributed by atoms with E-state index in [0.717, 1.165) is 10.5 Å². The van der Waals surface area contributed by atoms with E-state index in [1.165, 1.54) is 5.56 Å². The average molecular weight is 281 g/mol. The molecule has 1 aromatic rings. The summed E-state index contributed by atoms with van der Waals surface area (Å²) in [7, 11) is -0.320. The Morgan fingerprint density at radius 3 is 2.05 bits per heavy atom. The molecule has 0 radical (unpaired) electrons. The molecule has 0 unspecified atom stereocenters.